The first kappa shape index (κ1) is 14.4. The van der Waals surface area contributed by atoms with Crippen molar-refractivity contribution in [2.45, 2.75) is 26.3 Å². The van der Waals surface area contributed by atoms with Crippen molar-refractivity contribution >= 4 is 22.9 Å². The summed E-state index contributed by atoms with van der Waals surface area (Å²) in [5.41, 5.74) is 1.50. The fraction of sp³-hybridized carbons (Fsp3) is 0.357. The number of aromatic nitrogens is 1. The van der Waals surface area contributed by atoms with Gasteiger partial charge in [-0.2, -0.15) is 0 Å². The number of aryl methyl sites for hydroxylation is 1. The Balaban J connectivity index is 2.39. The number of halogens is 2. The first-order valence-corrected chi connectivity index (χ1v) is 7.48. The predicted octanol–water partition coefficient (Wildman–Crippen LogP) is 4.33. The molecule has 1 aromatic carbocycles. The lowest BCUT2D eigenvalue weighted by molar-refractivity contribution is 0.545. The summed E-state index contributed by atoms with van der Waals surface area (Å²) < 4.78 is 14.0. The minimum Gasteiger partial charge on any atom is -0.304 e. The van der Waals surface area contributed by atoms with Crippen LogP contribution >= 0.6 is 22.9 Å². The molecule has 2 aromatic rings. The second-order valence-corrected chi connectivity index (χ2v) is 5.71. The first-order chi connectivity index (χ1) is 9.11. The summed E-state index contributed by atoms with van der Waals surface area (Å²) >= 11 is 7.51. The SMILES string of the molecule is CCCNC(c1nc(C)cs1)c1cc(Cl)ccc1F. The van der Waals surface area contributed by atoms with Gasteiger partial charge in [0.2, 0.25) is 0 Å². The summed E-state index contributed by atoms with van der Waals surface area (Å²) in [7, 11) is 0. The van der Waals surface area contributed by atoms with Gasteiger partial charge in [-0.1, -0.05) is 18.5 Å². The number of hydrogen-bond acceptors (Lipinski definition) is 3. The minimum absolute atomic E-state index is 0.239. The number of nitrogens with one attached hydrogen (secondary N) is 1. The van der Waals surface area contributed by atoms with E-state index in [4.69, 9.17) is 11.6 Å². The third-order valence-electron chi connectivity index (χ3n) is 2.75. The number of thiazole rings is 1. The third kappa shape index (κ3) is 3.53. The van der Waals surface area contributed by atoms with Crippen LogP contribution in [-0.2, 0) is 0 Å². The molecule has 5 heteroatoms. The zero-order valence-electron chi connectivity index (χ0n) is 10.9. The maximum atomic E-state index is 14.0. The van der Waals surface area contributed by atoms with E-state index in [1.165, 1.54) is 17.4 Å². The Hall–Kier alpha value is -0.970. The van der Waals surface area contributed by atoms with E-state index in [0.717, 1.165) is 23.7 Å². The Morgan fingerprint density at radius 2 is 2.26 bits per heavy atom. The lowest BCUT2D eigenvalue weighted by Gasteiger charge is -2.17. The molecule has 1 N–H and O–H groups in total. The average Bonchev–Trinajstić information content (AvgIpc) is 2.80. The molecule has 0 spiro atoms. The van der Waals surface area contributed by atoms with Crippen LogP contribution in [0, 0.1) is 12.7 Å². The minimum atomic E-state index is -0.258. The van der Waals surface area contributed by atoms with Crippen molar-refractivity contribution in [2.24, 2.45) is 0 Å². The Bertz CT molecular complexity index is 556. The summed E-state index contributed by atoms with van der Waals surface area (Å²) in [6.07, 6.45) is 0.975. The summed E-state index contributed by atoms with van der Waals surface area (Å²) in [5, 5.41) is 6.71. The smallest absolute Gasteiger partial charge is 0.128 e. The zero-order chi connectivity index (χ0) is 13.8. The molecule has 1 aromatic heterocycles. The van der Waals surface area contributed by atoms with Gasteiger partial charge in [-0.15, -0.1) is 11.3 Å². The molecule has 1 atom stereocenters. The van der Waals surface area contributed by atoms with Crippen LogP contribution in [0.4, 0.5) is 4.39 Å². The quantitative estimate of drug-likeness (QED) is 0.888. The van der Waals surface area contributed by atoms with E-state index in [1.807, 2.05) is 12.3 Å². The van der Waals surface area contributed by atoms with E-state index >= 15 is 0 Å². The molecule has 0 saturated carbocycles. The number of benzene rings is 1. The Morgan fingerprint density at radius 3 is 2.89 bits per heavy atom. The van der Waals surface area contributed by atoms with Crippen LogP contribution in [0.25, 0.3) is 0 Å². The molecule has 0 fully saturated rings. The lowest BCUT2D eigenvalue weighted by Crippen LogP contribution is -2.24. The van der Waals surface area contributed by atoms with E-state index in [9.17, 15) is 4.39 Å². The standard InChI is InChI=1S/C14H16ClFN2S/c1-3-6-17-13(14-18-9(2)8-19-14)11-7-10(15)4-5-12(11)16/h4-5,7-8,13,17H,3,6H2,1-2H3. The molecule has 1 heterocycles. The first-order valence-electron chi connectivity index (χ1n) is 6.22. The second-order valence-electron chi connectivity index (χ2n) is 4.38. The van der Waals surface area contributed by atoms with Crippen LogP contribution in [-0.4, -0.2) is 11.5 Å². The van der Waals surface area contributed by atoms with Gasteiger partial charge >= 0.3 is 0 Å². The van der Waals surface area contributed by atoms with Gasteiger partial charge in [0, 0.05) is 21.7 Å². The molecule has 0 amide bonds. The summed E-state index contributed by atoms with van der Waals surface area (Å²) in [4.78, 5) is 4.46. The van der Waals surface area contributed by atoms with Crippen LogP contribution in [0.5, 0.6) is 0 Å². The van der Waals surface area contributed by atoms with Crippen molar-refractivity contribution in [3.63, 3.8) is 0 Å². The van der Waals surface area contributed by atoms with Gasteiger partial charge in [-0.3, -0.25) is 0 Å². The van der Waals surface area contributed by atoms with Crippen LogP contribution in [0.1, 0.15) is 35.7 Å². The average molecular weight is 299 g/mol. The zero-order valence-corrected chi connectivity index (χ0v) is 12.5. The summed E-state index contributed by atoms with van der Waals surface area (Å²) in [6.45, 7) is 4.81. The summed E-state index contributed by atoms with van der Waals surface area (Å²) in [6, 6.07) is 4.39. The topological polar surface area (TPSA) is 24.9 Å². The molecule has 0 bridgehead atoms. The molecule has 19 heavy (non-hydrogen) atoms. The molecule has 0 aliphatic carbocycles. The van der Waals surface area contributed by atoms with E-state index in [1.54, 1.807) is 12.1 Å². The fourth-order valence-corrected chi connectivity index (χ4v) is 2.93. The summed E-state index contributed by atoms with van der Waals surface area (Å²) in [5.74, 6) is -0.258. The van der Waals surface area contributed by atoms with E-state index in [2.05, 4.69) is 17.2 Å². The van der Waals surface area contributed by atoms with Crippen molar-refractivity contribution in [2.75, 3.05) is 6.54 Å². The van der Waals surface area contributed by atoms with Crippen molar-refractivity contribution in [1.82, 2.24) is 10.3 Å². The van der Waals surface area contributed by atoms with Gasteiger partial charge in [0.15, 0.2) is 0 Å². The van der Waals surface area contributed by atoms with Gasteiger partial charge in [-0.25, -0.2) is 9.37 Å². The molecule has 0 saturated heterocycles. The monoisotopic (exact) mass is 298 g/mol. The molecule has 1 unspecified atom stereocenters. The van der Waals surface area contributed by atoms with Gasteiger partial charge in [0.05, 0.1) is 6.04 Å². The normalized spacial score (nSPS) is 12.6. The van der Waals surface area contributed by atoms with Crippen molar-refractivity contribution in [3.8, 4) is 0 Å². The van der Waals surface area contributed by atoms with Crippen molar-refractivity contribution in [3.05, 3.63) is 50.7 Å². The van der Waals surface area contributed by atoms with E-state index < -0.39 is 0 Å². The second kappa shape index (κ2) is 6.46. The van der Waals surface area contributed by atoms with Gasteiger partial charge < -0.3 is 5.32 Å². The molecule has 0 aliphatic rings. The molecule has 0 radical (unpaired) electrons. The number of hydrogen-bond donors (Lipinski definition) is 1. The van der Waals surface area contributed by atoms with Gasteiger partial charge in [0.1, 0.15) is 10.8 Å². The fourth-order valence-electron chi connectivity index (χ4n) is 1.86. The van der Waals surface area contributed by atoms with Crippen molar-refractivity contribution < 1.29 is 4.39 Å². The van der Waals surface area contributed by atoms with Crippen LogP contribution in [0.15, 0.2) is 23.6 Å². The largest absolute Gasteiger partial charge is 0.304 e. The molecule has 2 rings (SSSR count). The highest BCUT2D eigenvalue weighted by Gasteiger charge is 2.20. The van der Waals surface area contributed by atoms with E-state index in [-0.39, 0.29) is 11.9 Å². The van der Waals surface area contributed by atoms with Crippen LogP contribution < -0.4 is 5.32 Å². The number of nitrogens with zero attached hydrogens (tertiary/aromatic N) is 1. The molecule has 0 aliphatic heterocycles. The maximum Gasteiger partial charge on any atom is 0.128 e. The highest BCUT2D eigenvalue weighted by Crippen LogP contribution is 2.29. The maximum absolute atomic E-state index is 14.0. The van der Waals surface area contributed by atoms with Crippen LogP contribution in [0.2, 0.25) is 5.02 Å². The van der Waals surface area contributed by atoms with Gasteiger partial charge in [0.25, 0.3) is 0 Å². The van der Waals surface area contributed by atoms with Crippen molar-refractivity contribution in [1.29, 1.82) is 0 Å². The Kier molecular flexibility index (Phi) is 4.91. The highest BCUT2D eigenvalue weighted by atomic mass is 35.5. The third-order valence-corrected chi connectivity index (χ3v) is 4.01. The molecular weight excluding hydrogens is 283 g/mol. The highest BCUT2D eigenvalue weighted by molar-refractivity contribution is 7.09. The van der Waals surface area contributed by atoms with Gasteiger partial charge in [-0.05, 0) is 38.1 Å². The number of rotatable bonds is 5. The molecular formula is C14H16ClFN2S. The van der Waals surface area contributed by atoms with E-state index in [0.29, 0.717) is 10.6 Å². The van der Waals surface area contributed by atoms with Crippen LogP contribution in [0.3, 0.4) is 0 Å². The Labute approximate surface area is 121 Å². The molecule has 102 valence electrons. The lowest BCUT2D eigenvalue weighted by atomic mass is 10.1. The Morgan fingerprint density at radius 1 is 1.47 bits per heavy atom. The molecule has 2 nitrogen and oxygen atoms in total. The predicted molar refractivity (Wildman–Crippen MR) is 78.4 cm³/mol.